The first kappa shape index (κ1) is 14.2. The molecule has 0 aromatic carbocycles. The highest BCUT2D eigenvalue weighted by Gasteiger charge is 2.33. The Bertz CT molecular complexity index is 300. The standard InChI is InChI=1S/C8H13N3O5/c1-3-15-7(13)5(10-11-9)6(12)8(14)16-4-2/h5-6,12H,3-4H2,1-2H3/t5-,6?/m0/s1. The van der Waals surface area contributed by atoms with Crippen LogP contribution in [0.1, 0.15) is 13.8 Å². The maximum atomic E-state index is 11.2. The Morgan fingerprint density at radius 2 is 1.81 bits per heavy atom. The van der Waals surface area contributed by atoms with Gasteiger partial charge in [0.15, 0.2) is 12.1 Å². The van der Waals surface area contributed by atoms with E-state index in [-0.39, 0.29) is 13.2 Å². The first-order valence-corrected chi connectivity index (χ1v) is 4.64. The Labute approximate surface area is 91.8 Å². The van der Waals surface area contributed by atoms with Gasteiger partial charge in [-0.3, -0.25) is 4.79 Å². The lowest BCUT2D eigenvalue weighted by Crippen LogP contribution is -2.40. The summed E-state index contributed by atoms with van der Waals surface area (Å²) in [5.41, 5.74) is 8.20. The number of carbonyl (C=O) groups is 2. The van der Waals surface area contributed by atoms with Gasteiger partial charge in [-0.15, -0.1) is 0 Å². The minimum atomic E-state index is -1.85. The summed E-state index contributed by atoms with van der Waals surface area (Å²) in [7, 11) is 0. The largest absolute Gasteiger partial charge is 0.466 e. The quantitative estimate of drug-likeness (QED) is 0.302. The summed E-state index contributed by atoms with van der Waals surface area (Å²) < 4.78 is 9.01. The van der Waals surface area contributed by atoms with Crippen LogP contribution in [0.5, 0.6) is 0 Å². The molecule has 0 aliphatic carbocycles. The van der Waals surface area contributed by atoms with Crippen molar-refractivity contribution in [2.24, 2.45) is 5.11 Å². The molecule has 16 heavy (non-hydrogen) atoms. The predicted octanol–water partition coefficient (Wildman–Crippen LogP) is 0.152. The van der Waals surface area contributed by atoms with E-state index in [0.29, 0.717) is 0 Å². The second-order valence-corrected chi connectivity index (χ2v) is 2.60. The van der Waals surface area contributed by atoms with Gasteiger partial charge in [-0.2, -0.15) is 0 Å². The van der Waals surface area contributed by atoms with Gasteiger partial charge in [-0.25, -0.2) is 4.79 Å². The van der Waals surface area contributed by atoms with Crippen LogP contribution in [0.15, 0.2) is 5.11 Å². The van der Waals surface area contributed by atoms with Crippen LogP contribution in [0.25, 0.3) is 10.4 Å². The van der Waals surface area contributed by atoms with Crippen molar-refractivity contribution in [2.45, 2.75) is 26.0 Å². The molecule has 1 N–H and O–H groups in total. The number of ether oxygens (including phenoxy) is 2. The molecule has 0 spiro atoms. The zero-order valence-corrected chi connectivity index (χ0v) is 8.99. The van der Waals surface area contributed by atoms with Crippen LogP contribution in [0.2, 0.25) is 0 Å². The van der Waals surface area contributed by atoms with Crippen LogP contribution in [-0.4, -0.2) is 42.4 Å². The molecule has 0 bridgehead atoms. The summed E-state index contributed by atoms with van der Waals surface area (Å²) >= 11 is 0. The molecule has 8 nitrogen and oxygen atoms in total. The van der Waals surface area contributed by atoms with Crippen molar-refractivity contribution in [2.75, 3.05) is 13.2 Å². The fourth-order valence-corrected chi connectivity index (χ4v) is 0.879. The smallest absolute Gasteiger partial charge is 0.336 e. The third kappa shape index (κ3) is 4.16. The van der Waals surface area contributed by atoms with Gasteiger partial charge < -0.3 is 14.6 Å². The zero-order valence-electron chi connectivity index (χ0n) is 8.99. The number of nitrogens with zero attached hydrogens (tertiary/aromatic N) is 3. The lowest BCUT2D eigenvalue weighted by atomic mass is 10.2. The topological polar surface area (TPSA) is 122 Å². The number of esters is 2. The number of carbonyl (C=O) groups excluding carboxylic acids is 2. The molecule has 0 fully saturated rings. The second kappa shape index (κ2) is 7.49. The molecular weight excluding hydrogens is 218 g/mol. The molecule has 0 saturated carbocycles. The molecule has 0 saturated heterocycles. The van der Waals surface area contributed by atoms with E-state index >= 15 is 0 Å². The van der Waals surface area contributed by atoms with Crippen molar-refractivity contribution in [3.05, 3.63) is 10.4 Å². The molecule has 0 radical (unpaired) electrons. The minimum Gasteiger partial charge on any atom is -0.466 e. The first-order chi connectivity index (χ1) is 7.58. The predicted molar refractivity (Wildman–Crippen MR) is 52.2 cm³/mol. The SMILES string of the molecule is CCOC(=O)C(O)[C@H](N=[N+]=[N-])C(=O)OCC. The number of hydrogen-bond donors (Lipinski definition) is 1. The highest BCUT2D eigenvalue weighted by atomic mass is 16.6. The van der Waals surface area contributed by atoms with Gasteiger partial charge in [-0.05, 0) is 19.4 Å². The molecule has 0 amide bonds. The molecule has 0 heterocycles. The Balaban J connectivity index is 4.70. The molecular formula is C8H13N3O5. The lowest BCUT2D eigenvalue weighted by molar-refractivity contribution is -0.161. The lowest BCUT2D eigenvalue weighted by Gasteiger charge is -2.15. The van der Waals surface area contributed by atoms with Gasteiger partial charge in [0, 0.05) is 4.91 Å². The normalized spacial score (nSPS) is 13.2. The van der Waals surface area contributed by atoms with Crippen LogP contribution >= 0.6 is 0 Å². The van der Waals surface area contributed by atoms with E-state index in [1.807, 2.05) is 0 Å². The summed E-state index contributed by atoms with van der Waals surface area (Å²) in [6.07, 6.45) is -1.85. The van der Waals surface area contributed by atoms with E-state index < -0.39 is 24.1 Å². The number of hydrogen-bond acceptors (Lipinski definition) is 6. The molecule has 1 unspecified atom stereocenters. The van der Waals surface area contributed by atoms with Crippen molar-refractivity contribution < 1.29 is 24.2 Å². The molecule has 0 aromatic heterocycles. The maximum absolute atomic E-state index is 11.2. The molecule has 0 aliphatic rings. The number of rotatable bonds is 6. The Morgan fingerprint density at radius 3 is 2.25 bits per heavy atom. The summed E-state index contributed by atoms with van der Waals surface area (Å²) in [4.78, 5) is 24.7. The van der Waals surface area contributed by atoms with E-state index in [2.05, 4.69) is 19.5 Å². The highest BCUT2D eigenvalue weighted by Crippen LogP contribution is 2.05. The van der Waals surface area contributed by atoms with Crippen LogP contribution in [0.3, 0.4) is 0 Å². The van der Waals surface area contributed by atoms with Crippen molar-refractivity contribution >= 4 is 11.9 Å². The summed E-state index contributed by atoms with van der Waals surface area (Å²) in [6.45, 7) is 3.17. The minimum absolute atomic E-state index is 0.0434. The van der Waals surface area contributed by atoms with E-state index in [0.717, 1.165) is 0 Å². The van der Waals surface area contributed by atoms with Crippen molar-refractivity contribution in [3.63, 3.8) is 0 Å². The fourth-order valence-electron chi connectivity index (χ4n) is 0.879. The van der Waals surface area contributed by atoms with Crippen molar-refractivity contribution in [3.8, 4) is 0 Å². The van der Waals surface area contributed by atoms with Gasteiger partial charge in [0.25, 0.3) is 0 Å². The van der Waals surface area contributed by atoms with Crippen LogP contribution in [0.4, 0.5) is 0 Å². The molecule has 2 atom stereocenters. The summed E-state index contributed by atoms with van der Waals surface area (Å²) in [5, 5.41) is 12.4. The van der Waals surface area contributed by atoms with Crippen LogP contribution < -0.4 is 0 Å². The molecule has 0 rings (SSSR count). The number of aliphatic hydroxyl groups excluding tert-OH is 1. The van der Waals surface area contributed by atoms with Gasteiger partial charge in [0.05, 0.1) is 13.2 Å². The van der Waals surface area contributed by atoms with Crippen molar-refractivity contribution in [1.82, 2.24) is 0 Å². The van der Waals surface area contributed by atoms with Gasteiger partial charge in [0.1, 0.15) is 0 Å². The van der Waals surface area contributed by atoms with Gasteiger partial charge >= 0.3 is 11.9 Å². The second-order valence-electron chi connectivity index (χ2n) is 2.60. The fraction of sp³-hybridized carbons (Fsp3) is 0.750. The zero-order chi connectivity index (χ0) is 12.6. The molecule has 0 aromatic rings. The number of aliphatic hydroxyl groups is 1. The maximum Gasteiger partial charge on any atom is 0.336 e. The third-order valence-electron chi connectivity index (χ3n) is 1.53. The molecule has 90 valence electrons. The summed E-state index contributed by atoms with van der Waals surface area (Å²) in [5.74, 6) is -2.01. The van der Waals surface area contributed by atoms with E-state index in [9.17, 15) is 14.7 Å². The van der Waals surface area contributed by atoms with Crippen LogP contribution in [-0.2, 0) is 19.1 Å². The van der Waals surface area contributed by atoms with E-state index in [4.69, 9.17) is 5.53 Å². The van der Waals surface area contributed by atoms with E-state index in [1.54, 1.807) is 6.92 Å². The van der Waals surface area contributed by atoms with E-state index in [1.165, 1.54) is 6.92 Å². The Kier molecular flexibility index (Phi) is 6.66. The van der Waals surface area contributed by atoms with Gasteiger partial charge in [-0.1, -0.05) is 5.11 Å². The third-order valence-corrected chi connectivity index (χ3v) is 1.53. The summed E-state index contributed by atoms with van der Waals surface area (Å²) in [6, 6.07) is -1.62. The Hall–Kier alpha value is -1.79. The average molecular weight is 231 g/mol. The Morgan fingerprint density at radius 1 is 1.31 bits per heavy atom. The molecule has 8 heteroatoms. The monoisotopic (exact) mass is 231 g/mol. The highest BCUT2D eigenvalue weighted by molar-refractivity contribution is 5.86. The number of azide groups is 1. The van der Waals surface area contributed by atoms with Crippen LogP contribution in [0, 0.1) is 0 Å². The van der Waals surface area contributed by atoms with Crippen molar-refractivity contribution in [1.29, 1.82) is 0 Å². The average Bonchev–Trinajstić information content (AvgIpc) is 2.25. The molecule has 0 aliphatic heterocycles. The first-order valence-electron chi connectivity index (χ1n) is 4.64. The van der Waals surface area contributed by atoms with Gasteiger partial charge in [0.2, 0.25) is 0 Å².